The van der Waals surface area contributed by atoms with E-state index in [4.69, 9.17) is 9.72 Å². The number of nitrogens with one attached hydrogen (secondary N) is 3. The van der Waals surface area contributed by atoms with Gasteiger partial charge in [0.1, 0.15) is 28.7 Å². The first-order valence-corrected chi connectivity index (χ1v) is 12.4. The van der Waals surface area contributed by atoms with Crippen LogP contribution in [0, 0.1) is 0 Å². The molecule has 1 aliphatic rings. The Morgan fingerprint density at radius 3 is 2.65 bits per heavy atom. The second-order valence-corrected chi connectivity index (χ2v) is 9.18. The van der Waals surface area contributed by atoms with Crippen molar-refractivity contribution in [3.8, 4) is 39.5 Å². The van der Waals surface area contributed by atoms with Crippen LogP contribution in [0.15, 0.2) is 73.4 Å². The maximum absolute atomic E-state index is 6.20. The molecule has 9 nitrogen and oxygen atoms in total. The van der Waals surface area contributed by atoms with Gasteiger partial charge in [0.25, 0.3) is 0 Å². The van der Waals surface area contributed by atoms with Crippen molar-refractivity contribution in [2.45, 2.75) is 18.9 Å². The number of aromatic nitrogens is 7. The number of piperidine rings is 1. The van der Waals surface area contributed by atoms with E-state index in [2.05, 4.69) is 41.5 Å². The number of H-pyrrole nitrogens is 2. The summed E-state index contributed by atoms with van der Waals surface area (Å²) in [4.78, 5) is 21.5. The molecule has 37 heavy (non-hydrogen) atoms. The summed E-state index contributed by atoms with van der Waals surface area (Å²) >= 11 is 0. The zero-order valence-electron chi connectivity index (χ0n) is 20.0. The van der Waals surface area contributed by atoms with Gasteiger partial charge in [-0.3, -0.25) is 15.1 Å². The summed E-state index contributed by atoms with van der Waals surface area (Å²) in [5, 5.41) is 12.1. The highest BCUT2D eigenvalue weighted by molar-refractivity contribution is 5.99. The predicted molar refractivity (Wildman–Crippen MR) is 142 cm³/mol. The third-order valence-corrected chi connectivity index (χ3v) is 6.78. The summed E-state index contributed by atoms with van der Waals surface area (Å²) in [6.07, 6.45) is 11.2. The molecule has 0 atom stereocenters. The quantitative estimate of drug-likeness (QED) is 0.320. The fraction of sp³-hybridized carbons (Fsp3) is 0.179. The Hall–Kier alpha value is -4.63. The molecule has 0 saturated carbocycles. The standard InChI is InChI=1S/C28H24N8O/c1-2-24-26(33-23(1)18-13-20(16-31-15-18)37-19-5-10-30-11-6-19)27(36-35-24)25-14-22-21(7-12-32-28(22)34-25)17-3-8-29-9-4-17/h1-4,7-9,12-16,19,30H,5-6,10-11H2,(H,32,34)(H,35,36). The molecule has 1 saturated heterocycles. The van der Waals surface area contributed by atoms with Crippen molar-refractivity contribution in [2.24, 2.45) is 0 Å². The minimum atomic E-state index is 0.210. The molecule has 6 aromatic heterocycles. The molecule has 0 spiro atoms. The first-order chi connectivity index (χ1) is 18.3. The molecule has 9 heteroatoms. The zero-order valence-corrected chi connectivity index (χ0v) is 20.0. The number of rotatable bonds is 5. The third kappa shape index (κ3) is 4.09. The van der Waals surface area contributed by atoms with Crippen molar-refractivity contribution in [3.63, 3.8) is 0 Å². The molecule has 0 unspecified atom stereocenters. The normalized spacial score (nSPS) is 14.4. The number of ether oxygens (including phenoxy) is 1. The first-order valence-electron chi connectivity index (χ1n) is 12.4. The van der Waals surface area contributed by atoms with Crippen molar-refractivity contribution in [2.75, 3.05) is 13.1 Å². The van der Waals surface area contributed by atoms with Crippen LogP contribution in [-0.4, -0.2) is 54.3 Å². The fourth-order valence-corrected chi connectivity index (χ4v) is 4.91. The van der Waals surface area contributed by atoms with E-state index in [0.29, 0.717) is 0 Å². The Kier molecular flexibility index (Phi) is 5.32. The monoisotopic (exact) mass is 488 g/mol. The number of hydrogen-bond acceptors (Lipinski definition) is 7. The van der Waals surface area contributed by atoms with Gasteiger partial charge in [-0.2, -0.15) is 5.10 Å². The minimum absolute atomic E-state index is 0.210. The van der Waals surface area contributed by atoms with E-state index in [9.17, 15) is 0 Å². The number of aromatic amines is 2. The van der Waals surface area contributed by atoms with Gasteiger partial charge in [-0.25, -0.2) is 9.97 Å². The van der Waals surface area contributed by atoms with Gasteiger partial charge >= 0.3 is 0 Å². The van der Waals surface area contributed by atoms with Crippen LogP contribution in [0.25, 0.3) is 55.8 Å². The molecule has 182 valence electrons. The Labute approximate surface area is 212 Å². The minimum Gasteiger partial charge on any atom is -0.489 e. The van der Waals surface area contributed by atoms with Gasteiger partial charge < -0.3 is 15.0 Å². The second kappa shape index (κ2) is 9.11. The van der Waals surface area contributed by atoms with Crippen molar-refractivity contribution >= 4 is 22.1 Å². The van der Waals surface area contributed by atoms with E-state index in [0.717, 1.165) is 87.5 Å². The lowest BCUT2D eigenvalue weighted by molar-refractivity contribution is 0.162. The Morgan fingerprint density at radius 2 is 1.76 bits per heavy atom. The fourth-order valence-electron chi connectivity index (χ4n) is 4.91. The lowest BCUT2D eigenvalue weighted by atomic mass is 10.1. The summed E-state index contributed by atoms with van der Waals surface area (Å²) in [5.41, 5.74) is 7.90. The van der Waals surface area contributed by atoms with Gasteiger partial charge in [0.2, 0.25) is 0 Å². The lowest BCUT2D eigenvalue weighted by Gasteiger charge is -2.23. The van der Waals surface area contributed by atoms with Crippen LogP contribution < -0.4 is 10.1 Å². The van der Waals surface area contributed by atoms with Gasteiger partial charge in [0.15, 0.2) is 0 Å². The highest BCUT2D eigenvalue weighted by atomic mass is 16.5. The van der Waals surface area contributed by atoms with Crippen molar-refractivity contribution < 1.29 is 4.74 Å². The average Bonchev–Trinajstić information content (AvgIpc) is 3.58. The van der Waals surface area contributed by atoms with Crippen LogP contribution in [0.4, 0.5) is 0 Å². The SMILES string of the molecule is c1cc(-c2ccnc3[nH]c(-c4n[nH]c5ccc(-c6cncc(OC7CCNCC7)c6)nc45)cc23)ccn1. The molecule has 0 bridgehead atoms. The molecule has 0 radical (unpaired) electrons. The second-order valence-electron chi connectivity index (χ2n) is 9.18. The number of pyridine rings is 4. The summed E-state index contributed by atoms with van der Waals surface area (Å²) in [6, 6.07) is 14.1. The zero-order chi connectivity index (χ0) is 24.6. The van der Waals surface area contributed by atoms with E-state index in [1.807, 2.05) is 48.8 Å². The molecule has 0 aromatic carbocycles. The van der Waals surface area contributed by atoms with Crippen LogP contribution in [0.3, 0.4) is 0 Å². The summed E-state index contributed by atoms with van der Waals surface area (Å²) in [6.45, 7) is 1.96. The Bertz CT molecular complexity index is 1700. The largest absolute Gasteiger partial charge is 0.489 e. The van der Waals surface area contributed by atoms with Crippen molar-refractivity contribution in [1.82, 2.24) is 40.4 Å². The van der Waals surface area contributed by atoms with Gasteiger partial charge in [0, 0.05) is 35.7 Å². The number of fused-ring (bicyclic) bond motifs is 2. The smallest absolute Gasteiger partial charge is 0.138 e. The van der Waals surface area contributed by atoms with Crippen LogP contribution in [0.2, 0.25) is 0 Å². The molecule has 0 amide bonds. The van der Waals surface area contributed by atoms with Crippen LogP contribution in [0.1, 0.15) is 12.8 Å². The topological polar surface area (TPSA) is 117 Å². The summed E-state index contributed by atoms with van der Waals surface area (Å²) in [5.74, 6) is 0.768. The first kappa shape index (κ1) is 21.6. The van der Waals surface area contributed by atoms with E-state index in [1.54, 1.807) is 18.6 Å². The summed E-state index contributed by atoms with van der Waals surface area (Å²) < 4.78 is 6.20. The Balaban J connectivity index is 1.26. The van der Waals surface area contributed by atoms with E-state index in [-0.39, 0.29) is 6.10 Å². The third-order valence-electron chi connectivity index (χ3n) is 6.78. The lowest BCUT2D eigenvalue weighted by Crippen LogP contribution is -2.34. The number of nitrogens with zero attached hydrogens (tertiary/aromatic N) is 5. The summed E-state index contributed by atoms with van der Waals surface area (Å²) in [7, 11) is 0. The highest BCUT2D eigenvalue weighted by Gasteiger charge is 2.17. The maximum Gasteiger partial charge on any atom is 0.138 e. The molecule has 0 aliphatic carbocycles. The molecule has 7 heterocycles. The van der Waals surface area contributed by atoms with E-state index in [1.165, 1.54) is 0 Å². The van der Waals surface area contributed by atoms with Gasteiger partial charge in [-0.1, -0.05) is 0 Å². The number of hydrogen-bond donors (Lipinski definition) is 3. The molecule has 3 N–H and O–H groups in total. The molecule has 7 rings (SSSR count). The van der Waals surface area contributed by atoms with E-state index < -0.39 is 0 Å². The van der Waals surface area contributed by atoms with Crippen LogP contribution in [-0.2, 0) is 0 Å². The molecular formula is C28H24N8O. The van der Waals surface area contributed by atoms with Crippen LogP contribution in [0.5, 0.6) is 5.75 Å². The average molecular weight is 489 g/mol. The molecule has 1 aliphatic heterocycles. The van der Waals surface area contributed by atoms with Crippen molar-refractivity contribution in [1.29, 1.82) is 0 Å². The van der Waals surface area contributed by atoms with Gasteiger partial charge in [0.05, 0.1) is 23.1 Å². The maximum atomic E-state index is 6.20. The van der Waals surface area contributed by atoms with Crippen LogP contribution >= 0.6 is 0 Å². The molecule has 6 aromatic rings. The molecular weight excluding hydrogens is 464 g/mol. The predicted octanol–water partition coefficient (Wildman–Crippen LogP) is 4.76. The van der Waals surface area contributed by atoms with E-state index >= 15 is 0 Å². The van der Waals surface area contributed by atoms with Gasteiger partial charge in [-0.05, 0) is 79.5 Å². The highest BCUT2D eigenvalue weighted by Crippen LogP contribution is 2.33. The van der Waals surface area contributed by atoms with Crippen molar-refractivity contribution in [3.05, 3.63) is 73.4 Å². The molecule has 1 fully saturated rings. The Morgan fingerprint density at radius 1 is 0.865 bits per heavy atom. The van der Waals surface area contributed by atoms with Gasteiger partial charge in [-0.15, -0.1) is 0 Å².